The van der Waals surface area contributed by atoms with E-state index in [1.165, 1.54) is 9.87 Å². The summed E-state index contributed by atoms with van der Waals surface area (Å²) in [6, 6.07) is 14.7. The van der Waals surface area contributed by atoms with Gasteiger partial charge in [-0.3, -0.25) is 9.10 Å². The number of anilines is 1. The van der Waals surface area contributed by atoms with Crippen molar-refractivity contribution in [2.75, 3.05) is 23.9 Å². The second kappa shape index (κ2) is 9.78. The zero-order valence-electron chi connectivity index (χ0n) is 21.9. The van der Waals surface area contributed by atoms with Crippen LogP contribution in [-0.4, -0.2) is 50.4 Å². The number of hydrogen-bond acceptors (Lipinski definition) is 5. The third-order valence-corrected chi connectivity index (χ3v) is 9.53. The van der Waals surface area contributed by atoms with Crippen molar-refractivity contribution in [2.24, 2.45) is 11.8 Å². The zero-order valence-corrected chi connectivity index (χ0v) is 22.7. The van der Waals surface area contributed by atoms with Crippen LogP contribution in [0.4, 0.5) is 10.5 Å². The number of piperidine rings is 1. The van der Waals surface area contributed by atoms with Crippen molar-refractivity contribution in [1.29, 1.82) is 0 Å². The number of rotatable bonds is 6. The lowest BCUT2D eigenvalue weighted by Gasteiger charge is -2.33. The Kier molecular flexibility index (Phi) is 6.81. The molecule has 2 aromatic rings. The van der Waals surface area contributed by atoms with Gasteiger partial charge in [0.05, 0.1) is 10.6 Å². The van der Waals surface area contributed by atoms with Gasteiger partial charge in [-0.2, -0.15) is 0 Å². The van der Waals surface area contributed by atoms with Crippen LogP contribution in [0.2, 0.25) is 0 Å². The van der Waals surface area contributed by atoms with Gasteiger partial charge >= 0.3 is 6.09 Å². The van der Waals surface area contributed by atoms with Crippen molar-refractivity contribution in [2.45, 2.75) is 69.3 Å². The molecule has 2 heterocycles. The molecule has 1 saturated heterocycles. The molecule has 0 N–H and O–H groups in total. The predicted molar refractivity (Wildman–Crippen MR) is 142 cm³/mol. The average molecular weight is 525 g/mol. The number of carbonyl (C=O) groups excluding carboxylic acids is 2. The summed E-state index contributed by atoms with van der Waals surface area (Å²) in [5.74, 6) is 1.02. The Balaban J connectivity index is 1.15. The number of benzene rings is 2. The van der Waals surface area contributed by atoms with Gasteiger partial charge in [0, 0.05) is 32.0 Å². The molecule has 0 bridgehead atoms. The van der Waals surface area contributed by atoms with Gasteiger partial charge in [0.15, 0.2) is 0 Å². The Hall–Kier alpha value is -2.87. The first-order chi connectivity index (χ1) is 17.5. The van der Waals surface area contributed by atoms with Crippen LogP contribution in [0.3, 0.4) is 0 Å². The van der Waals surface area contributed by atoms with E-state index in [1.54, 1.807) is 29.2 Å². The van der Waals surface area contributed by atoms with E-state index in [0.29, 0.717) is 67.8 Å². The van der Waals surface area contributed by atoms with Crippen molar-refractivity contribution >= 4 is 27.6 Å². The van der Waals surface area contributed by atoms with Crippen molar-refractivity contribution in [3.8, 4) is 0 Å². The minimum absolute atomic E-state index is 0.0108. The van der Waals surface area contributed by atoms with Crippen molar-refractivity contribution in [1.82, 2.24) is 4.90 Å². The highest BCUT2D eigenvalue weighted by Crippen LogP contribution is 2.51. The van der Waals surface area contributed by atoms with Gasteiger partial charge in [0.25, 0.3) is 10.0 Å². The zero-order chi connectivity index (χ0) is 26.4. The van der Waals surface area contributed by atoms with E-state index in [0.717, 1.165) is 17.7 Å². The van der Waals surface area contributed by atoms with E-state index < -0.39 is 15.6 Å². The third kappa shape index (κ3) is 5.54. The molecule has 0 spiro atoms. The molecule has 1 amide bonds. The number of Topliss-reactive ketones (excluding diaryl/α,β-unsaturated/α-hetero) is 1. The summed E-state index contributed by atoms with van der Waals surface area (Å²) in [5, 5.41) is 0. The molecule has 2 unspecified atom stereocenters. The molecule has 8 heteroatoms. The minimum Gasteiger partial charge on any atom is -0.444 e. The fraction of sp³-hybridized carbons (Fsp3) is 0.517. The van der Waals surface area contributed by atoms with Crippen molar-refractivity contribution in [3.05, 3.63) is 59.7 Å². The largest absolute Gasteiger partial charge is 0.444 e. The molecule has 2 fully saturated rings. The number of likely N-dealkylation sites (tertiary alicyclic amines) is 1. The molecule has 7 nitrogen and oxygen atoms in total. The molecule has 2 aliphatic heterocycles. The number of nitrogens with zero attached hydrogens (tertiary/aromatic N) is 2. The maximum Gasteiger partial charge on any atom is 0.410 e. The number of amides is 1. The van der Waals surface area contributed by atoms with E-state index in [-0.39, 0.29) is 12.0 Å². The van der Waals surface area contributed by atoms with Crippen LogP contribution in [0.15, 0.2) is 53.4 Å². The Labute approximate surface area is 219 Å². The van der Waals surface area contributed by atoms with E-state index in [4.69, 9.17) is 4.74 Å². The Bertz CT molecular complexity index is 1280. The highest BCUT2D eigenvalue weighted by Gasteiger charge is 2.42. The lowest BCUT2D eigenvalue weighted by molar-refractivity contribution is -0.124. The number of sulfonamides is 1. The molecule has 0 radical (unpaired) electrons. The summed E-state index contributed by atoms with van der Waals surface area (Å²) in [7, 11) is -3.57. The Morgan fingerprint density at radius 2 is 1.70 bits per heavy atom. The van der Waals surface area contributed by atoms with Gasteiger partial charge in [0.1, 0.15) is 11.4 Å². The first-order valence-corrected chi connectivity index (χ1v) is 14.7. The maximum absolute atomic E-state index is 13.1. The number of ketones is 1. The summed E-state index contributed by atoms with van der Waals surface area (Å²) in [6.07, 6.45) is 3.36. The fourth-order valence-corrected chi connectivity index (χ4v) is 7.13. The molecule has 0 aromatic heterocycles. The molecule has 5 rings (SSSR count). The third-order valence-electron chi connectivity index (χ3n) is 7.70. The highest BCUT2D eigenvalue weighted by atomic mass is 32.2. The van der Waals surface area contributed by atoms with Gasteiger partial charge < -0.3 is 9.64 Å². The highest BCUT2D eigenvalue weighted by molar-refractivity contribution is 7.92. The lowest BCUT2D eigenvalue weighted by atomic mass is 9.89. The first kappa shape index (κ1) is 25.8. The molecule has 1 aliphatic carbocycles. The minimum atomic E-state index is -3.57. The summed E-state index contributed by atoms with van der Waals surface area (Å²) >= 11 is 0. The summed E-state index contributed by atoms with van der Waals surface area (Å²) < 4.78 is 33.2. The normalized spacial score (nSPS) is 22.0. The van der Waals surface area contributed by atoms with E-state index in [1.807, 2.05) is 39.0 Å². The van der Waals surface area contributed by atoms with E-state index in [9.17, 15) is 18.0 Å². The van der Waals surface area contributed by atoms with Crippen LogP contribution >= 0.6 is 0 Å². The number of fused-ring (bicyclic) bond motifs is 1. The lowest BCUT2D eigenvalue weighted by Crippen LogP contribution is -2.43. The van der Waals surface area contributed by atoms with Crippen LogP contribution < -0.4 is 4.31 Å². The molecule has 37 heavy (non-hydrogen) atoms. The van der Waals surface area contributed by atoms with Crippen LogP contribution in [-0.2, 0) is 26.0 Å². The number of hydrogen-bond donors (Lipinski definition) is 0. The van der Waals surface area contributed by atoms with Crippen LogP contribution in [0.5, 0.6) is 0 Å². The molecule has 2 atom stereocenters. The summed E-state index contributed by atoms with van der Waals surface area (Å²) in [5.41, 5.74) is 2.51. The molecular weight excluding hydrogens is 488 g/mol. The first-order valence-electron chi connectivity index (χ1n) is 13.2. The second-order valence-corrected chi connectivity index (χ2v) is 13.4. The number of carbonyl (C=O) groups is 2. The second-order valence-electron chi connectivity index (χ2n) is 11.5. The van der Waals surface area contributed by atoms with E-state index in [2.05, 4.69) is 6.07 Å². The van der Waals surface area contributed by atoms with Gasteiger partial charge in [-0.25, -0.2) is 13.2 Å². The van der Waals surface area contributed by atoms with Crippen LogP contribution in [0, 0.1) is 11.8 Å². The Morgan fingerprint density at radius 3 is 2.38 bits per heavy atom. The number of ether oxygens (including phenoxy) is 1. The fourth-order valence-electron chi connectivity index (χ4n) is 5.61. The van der Waals surface area contributed by atoms with Crippen LogP contribution in [0.25, 0.3) is 0 Å². The van der Waals surface area contributed by atoms with Gasteiger partial charge in [-0.15, -0.1) is 0 Å². The smallest absolute Gasteiger partial charge is 0.410 e. The summed E-state index contributed by atoms with van der Waals surface area (Å²) in [6.45, 7) is 7.15. The van der Waals surface area contributed by atoms with Gasteiger partial charge in [-0.05, 0) is 87.6 Å². The maximum atomic E-state index is 13.1. The molecular formula is C29H36N2O5S. The average Bonchev–Trinajstić information content (AvgIpc) is 3.49. The standard InChI is InChI=1S/C29H36N2O5S/c1-29(2,3)36-28(33)30-14-11-20(12-15-30)27(32)19-23-18-25(23)21-9-10-26-22(17-21)13-16-31(26)37(34,35)24-7-5-4-6-8-24/h4-10,17,20,23,25H,11-16,18-19H2,1-3H3. The predicted octanol–water partition coefficient (Wildman–Crippen LogP) is 5.15. The Morgan fingerprint density at radius 1 is 1.00 bits per heavy atom. The van der Waals surface area contributed by atoms with E-state index >= 15 is 0 Å². The quantitative estimate of drug-likeness (QED) is 0.522. The molecule has 198 valence electrons. The molecule has 2 aromatic carbocycles. The molecule has 1 saturated carbocycles. The van der Waals surface area contributed by atoms with Crippen LogP contribution in [0.1, 0.15) is 63.5 Å². The van der Waals surface area contributed by atoms with Crippen molar-refractivity contribution < 1.29 is 22.7 Å². The SMILES string of the molecule is CC(C)(C)OC(=O)N1CCC(C(=O)CC2CC2c2ccc3c(c2)CCN3S(=O)(=O)c2ccccc2)CC1. The van der Waals surface area contributed by atoms with Crippen molar-refractivity contribution in [3.63, 3.8) is 0 Å². The topological polar surface area (TPSA) is 84.0 Å². The van der Waals surface area contributed by atoms with Gasteiger partial charge in [-0.1, -0.05) is 30.3 Å². The molecule has 3 aliphatic rings. The van der Waals surface area contributed by atoms with Gasteiger partial charge in [0.2, 0.25) is 0 Å². The summed E-state index contributed by atoms with van der Waals surface area (Å²) in [4.78, 5) is 27.3. The monoisotopic (exact) mass is 524 g/mol.